The molecule has 1 aromatic heterocycles. The second-order valence-corrected chi connectivity index (χ2v) is 13.0. The van der Waals surface area contributed by atoms with E-state index in [4.69, 9.17) is 30.3 Å². The van der Waals surface area contributed by atoms with Crippen molar-refractivity contribution in [2.24, 2.45) is 5.41 Å². The smallest absolute Gasteiger partial charge is 0.330 e. The van der Waals surface area contributed by atoms with Crippen LogP contribution in [0.1, 0.15) is 59.8 Å². The monoisotopic (exact) mass is 462 g/mol. The third-order valence-corrected chi connectivity index (χ3v) is 6.61. The molecule has 0 aliphatic carbocycles. The second-order valence-electron chi connectivity index (χ2n) is 10.3. The van der Waals surface area contributed by atoms with Crippen LogP contribution in [0, 0.1) is 12.3 Å². The highest BCUT2D eigenvalue weighted by molar-refractivity contribution is 8.07. The Morgan fingerprint density at radius 1 is 1.33 bits per heavy atom. The fourth-order valence-electron chi connectivity index (χ4n) is 4.10. The van der Waals surface area contributed by atoms with Crippen LogP contribution in [0.3, 0.4) is 0 Å². The van der Waals surface area contributed by atoms with E-state index in [1.807, 2.05) is 0 Å². The van der Waals surface area contributed by atoms with E-state index < -0.39 is 47.6 Å². The molecule has 11 heteroatoms. The molecule has 9 nitrogen and oxygen atoms in total. The molecule has 2 bridgehead atoms. The number of aromatic amines is 1. The SMILES string of the molecule is Cc1cn([C@@H]2O[C@@]3(CC(C)(C)C)CO[C@H]2C3OP(O)(=S)OC(C)(C)C)c(=O)[nH]c1=O. The summed E-state index contributed by atoms with van der Waals surface area (Å²) < 4.78 is 25.3. The number of hydrogen-bond acceptors (Lipinski definition) is 7. The summed E-state index contributed by atoms with van der Waals surface area (Å²) in [4.78, 5) is 37.3. The minimum Gasteiger partial charge on any atom is -0.368 e. The number of hydrogen-bond donors (Lipinski definition) is 2. The number of fused-ring (bicyclic) bond motifs is 2. The Morgan fingerprint density at radius 3 is 2.53 bits per heavy atom. The molecule has 3 heterocycles. The fraction of sp³-hybridized carbons (Fsp3) is 0.789. The molecule has 5 atom stereocenters. The van der Waals surface area contributed by atoms with E-state index in [1.54, 1.807) is 27.7 Å². The highest BCUT2D eigenvalue weighted by atomic mass is 32.5. The van der Waals surface area contributed by atoms with E-state index in [0.717, 1.165) is 0 Å². The lowest BCUT2D eigenvalue weighted by Gasteiger charge is -2.37. The third kappa shape index (κ3) is 4.96. The van der Waals surface area contributed by atoms with Gasteiger partial charge in [0.25, 0.3) is 5.56 Å². The molecule has 3 rings (SSSR count). The second kappa shape index (κ2) is 7.62. The Balaban J connectivity index is 2.01. The maximum absolute atomic E-state index is 12.5. The summed E-state index contributed by atoms with van der Waals surface area (Å²) in [6.07, 6.45) is -0.288. The van der Waals surface area contributed by atoms with E-state index in [2.05, 4.69) is 25.8 Å². The average molecular weight is 463 g/mol. The van der Waals surface area contributed by atoms with Gasteiger partial charge in [0, 0.05) is 11.8 Å². The number of aromatic nitrogens is 2. The van der Waals surface area contributed by atoms with Gasteiger partial charge < -0.3 is 18.9 Å². The van der Waals surface area contributed by atoms with Gasteiger partial charge in [-0.05, 0) is 51.3 Å². The highest BCUT2D eigenvalue weighted by Crippen LogP contribution is 2.58. The first-order chi connectivity index (χ1) is 13.5. The first-order valence-corrected chi connectivity index (χ1v) is 12.4. The predicted molar refractivity (Wildman–Crippen MR) is 115 cm³/mol. The van der Waals surface area contributed by atoms with Crippen molar-refractivity contribution in [1.82, 2.24) is 9.55 Å². The molecule has 0 aromatic carbocycles. The molecule has 1 aromatic rings. The molecule has 170 valence electrons. The molecule has 2 saturated heterocycles. The maximum atomic E-state index is 12.5. The van der Waals surface area contributed by atoms with Crippen molar-refractivity contribution in [2.75, 3.05) is 6.61 Å². The molecule has 2 N–H and O–H groups in total. The molecule has 0 radical (unpaired) electrons. The van der Waals surface area contributed by atoms with Crippen LogP contribution in [0.15, 0.2) is 15.8 Å². The topological polar surface area (TPSA) is 112 Å². The van der Waals surface area contributed by atoms with Gasteiger partial charge in [0.05, 0.1) is 12.2 Å². The van der Waals surface area contributed by atoms with Crippen LogP contribution in [0.4, 0.5) is 0 Å². The molecule has 0 saturated carbocycles. The number of ether oxygens (including phenoxy) is 2. The number of H-pyrrole nitrogens is 1. The van der Waals surface area contributed by atoms with Crippen molar-refractivity contribution < 1.29 is 23.4 Å². The first-order valence-electron chi connectivity index (χ1n) is 9.85. The molecule has 30 heavy (non-hydrogen) atoms. The van der Waals surface area contributed by atoms with E-state index in [0.29, 0.717) is 12.0 Å². The number of rotatable bonds is 5. The van der Waals surface area contributed by atoms with Crippen LogP contribution in [0.2, 0.25) is 0 Å². The lowest BCUT2D eigenvalue weighted by molar-refractivity contribution is -0.184. The van der Waals surface area contributed by atoms with Crippen molar-refractivity contribution in [3.8, 4) is 0 Å². The summed E-state index contributed by atoms with van der Waals surface area (Å²) in [5.41, 5.74) is -2.48. The maximum Gasteiger partial charge on any atom is 0.330 e. The van der Waals surface area contributed by atoms with Crippen LogP contribution < -0.4 is 11.2 Å². The van der Waals surface area contributed by atoms with Gasteiger partial charge in [0.2, 0.25) is 0 Å². The molecule has 2 aliphatic rings. The Kier molecular flexibility index (Phi) is 6.04. The Labute approximate surface area is 180 Å². The van der Waals surface area contributed by atoms with Crippen molar-refractivity contribution in [2.45, 2.75) is 84.5 Å². The Bertz CT molecular complexity index is 977. The summed E-state index contributed by atoms with van der Waals surface area (Å²) in [5, 5.41) is 0. The van der Waals surface area contributed by atoms with Crippen molar-refractivity contribution >= 4 is 18.5 Å². The van der Waals surface area contributed by atoms with Gasteiger partial charge in [-0.1, -0.05) is 20.8 Å². The summed E-state index contributed by atoms with van der Waals surface area (Å²) in [6.45, 7) is 9.71. The van der Waals surface area contributed by atoms with Crippen LogP contribution in [-0.4, -0.2) is 44.5 Å². The van der Waals surface area contributed by atoms with Gasteiger partial charge in [-0.25, -0.2) is 4.79 Å². The molecule has 2 aliphatic heterocycles. The Hall–Kier alpha value is -0.870. The number of aryl methyl sites for hydroxylation is 1. The average Bonchev–Trinajstić information content (AvgIpc) is 2.96. The summed E-state index contributed by atoms with van der Waals surface area (Å²) in [5.74, 6) is 0. The van der Waals surface area contributed by atoms with Gasteiger partial charge in [-0.3, -0.25) is 18.9 Å². The molecule has 2 unspecified atom stereocenters. The van der Waals surface area contributed by atoms with Gasteiger partial charge in [-0.2, -0.15) is 0 Å². The fourth-order valence-corrected chi connectivity index (χ4v) is 6.38. The van der Waals surface area contributed by atoms with E-state index in [9.17, 15) is 14.5 Å². The van der Waals surface area contributed by atoms with E-state index >= 15 is 0 Å². The van der Waals surface area contributed by atoms with Gasteiger partial charge in [-0.15, -0.1) is 0 Å². The van der Waals surface area contributed by atoms with Gasteiger partial charge >= 0.3 is 12.4 Å². The van der Waals surface area contributed by atoms with Crippen molar-refractivity contribution in [3.63, 3.8) is 0 Å². The van der Waals surface area contributed by atoms with Crippen LogP contribution in [-0.2, 0) is 30.3 Å². The third-order valence-electron chi connectivity index (χ3n) is 4.86. The first kappa shape index (κ1) is 23.8. The predicted octanol–water partition coefficient (Wildman–Crippen LogP) is 2.36. The summed E-state index contributed by atoms with van der Waals surface area (Å²) in [6, 6.07) is 0. The van der Waals surface area contributed by atoms with E-state index in [-0.39, 0.29) is 12.0 Å². The highest BCUT2D eigenvalue weighted by Gasteiger charge is 2.65. The largest absolute Gasteiger partial charge is 0.368 e. The van der Waals surface area contributed by atoms with Crippen LogP contribution in [0.5, 0.6) is 0 Å². The molecular formula is C19H31N2O7PS. The van der Waals surface area contributed by atoms with Crippen LogP contribution in [0.25, 0.3) is 0 Å². The zero-order chi connectivity index (χ0) is 22.7. The number of nitrogens with zero attached hydrogens (tertiary/aromatic N) is 1. The molecule has 2 fully saturated rings. The minimum atomic E-state index is -3.63. The summed E-state index contributed by atoms with van der Waals surface area (Å²) >= 11 is 5.27. The normalized spacial score (nSPS) is 31.1. The lowest BCUT2D eigenvalue weighted by atomic mass is 9.80. The lowest BCUT2D eigenvalue weighted by Crippen LogP contribution is -2.45. The molecule has 0 amide bonds. The zero-order valence-corrected chi connectivity index (χ0v) is 20.1. The van der Waals surface area contributed by atoms with Gasteiger partial charge in [0.1, 0.15) is 17.8 Å². The van der Waals surface area contributed by atoms with Crippen molar-refractivity contribution in [1.29, 1.82) is 0 Å². The van der Waals surface area contributed by atoms with Crippen LogP contribution >= 0.6 is 6.72 Å². The summed E-state index contributed by atoms with van der Waals surface area (Å²) in [7, 11) is 0. The molecular weight excluding hydrogens is 431 g/mol. The van der Waals surface area contributed by atoms with E-state index in [1.165, 1.54) is 10.8 Å². The van der Waals surface area contributed by atoms with Gasteiger partial charge in [0.15, 0.2) is 6.23 Å². The quantitative estimate of drug-likeness (QED) is 0.642. The standard InChI is InChI=1S/C19H31N2O7PS/c1-11-8-21(16(23)20-14(11)22)15-12-13(27-29(24,30)28-18(5,6)7)19(26-15,10-25-12)9-17(2,3)4/h8,12-13,15H,9-10H2,1-7H3,(H,24,30)(H,20,22,23)/t12-,13?,15+,19-,29?/m0/s1. The number of nitrogens with one attached hydrogen (secondary N) is 1. The minimum absolute atomic E-state index is 0.163. The Morgan fingerprint density at radius 2 is 1.97 bits per heavy atom. The van der Waals surface area contributed by atoms with Crippen molar-refractivity contribution in [3.05, 3.63) is 32.6 Å². The molecule has 0 spiro atoms. The zero-order valence-electron chi connectivity index (χ0n) is 18.4.